The fraction of sp³-hybridized carbons (Fsp3) is 0.400. The molecule has 0 N–H and O–H groups in total. The molecule has 0 amide bonds. The van der Waals surface area contributed by atoms with Crippen molar-refractivity contribution in [2.45, 2.75) is 40.2 Å². The van der Waals surface area contributed by atoms with E-state index in [2.05, 4.69) is 60.2 Å². The van der Waals surface area contributed by atoms with E-state index < -0.39 is 0 Å². The van der Waals surface area contributed by atoms with E-state index in [9.17, 15) is 0 Å². The van der Waals surface area contributed by atoms with Crippen LogP contribution in [0.4, 0.5) is 0 Å². The Balaban J connectivity index is 2.37. The lowest BCUT2D eigenvalue weighted by Gasteiger charge is -2.09. The van der Waals surface area contributed by atoms with Gasteiger partial charge < -0.3 is 0 Å². The van der Waals surface area contributed by atoms with Gasteiger partial charge in [0.05, 0.1) is 21.5 Å². The van der Waals surface area contributed by atoms with Gasteiger partial charge in [0.2, 0.25) is 0 Å². The van der Waals surface area contributed by atoms with Gasteiger partial charge in [0, 0.05) is 5.02 Å². The Morgan fingerprint density at radius 1 is 1.26 bits per heavy atom. The zero-order valence-corrected chi connectivity index (χ0v) is 14.4. The van der Waals surface area contributed by atoms with Crippen LogP contribution in [0.3, 0.4) is 0 Å². The molecule has 0 spiro atoms. The summed E-state index contributed by atoms with van der Waals surface area (Å²) in [5.74, 6) is 0. The second kappa shape index (κ2) is 6.27. The Morgan fingerprint density at radius 3 is 2.58 bits per heavy atom. The van der Waals surface area contributed by atoms with E-state index in [4.69, 9.17) is 16.7 Å². The highest BCUT2D eigenvalue weighted by Gasteiger charge is 2.14. The fourth-order valence-electron chi connectivity index (χ4n) is 2.17. The van der Waals surface area contributed by atoms with Gasteiger partial charge in [0.15, 0.2) is 0 Å². The molecule has 0 saturated carbocycles. The minimum atomic E-state index is 0.748. The van der Waals surface area contributed by atoms with Crippen LogP contribution in [0.5, 0.6) is 0 Å². The zero-order valence-electron chi connectivity index (χ0n) is 11.5. The molecule has 0 aliphatic carbocycles. The highest BCUT2D eigenvalue weighted by atomic mass is 127. The van der Waals surface area contributed by atoms with Crippen LogP contribution in [0.2, 0.25) is 5.02 Å². The highest BCUT2D eigenvalue weighted by molar-refractivity contribution is 14.1. The molecular weight excluding hydrogens is 371 g/mol. The molecule has 0 radical (unpaired) electrons. The van der Waals surface area contributed by atoms with E-state index in [1.54, 1.807) is 0 Å². The number of rotatable bonds is 4. The van der Waals surface area contributed by atoms with Crippen LogP contribution >= 0.6 is 34.2 Å². The van der Waals surface area contributed by atoms with Crippen LogP contribution in [-0.4, -0.2) is 9.78 Å². The number of benzene rings is 1. The van der Waals surface area contributed by atoms with E-state index in [1.807, 2.05) is 6.07 Å². The van der Waals surface area contributed by atoms with Crippen molar-refractivity contribution in [1.29, 1.82) is 0 Å². The van der Waals surface area contributed by atoms with Gasteiger partial charge in [0.25, 0.3) is 0 Å². The summed E-state index contributed by atoms with van der Waals surface area (Å²) in [5.41, 5.74) is 4.80. The summed E-state index contributed by atoms with van der Waals surface area (Å²) >= 11 is 8.71. The fourth-order valence-corrected chi connectivity index (χ4v) is 3.61. The topological polar surface area (TPSA) is 17.8 Å². The molecule has 2 aromatic rings. The molecule has 2 nitrogen and oxygen atoms in total. The molecule has 1 aromatic carbocycles. The summed E-state index contributed by atoms with van der Waals surface area (Å²) in [6.45, 7) is 7.12. The van der Waals surface area contributed by atoms with E-state index in [-0.39, 0.29) is 0 Å². The third-order valence-electron chi connectivity index (χ3n) is 3.26. The molecule has 0 aliphatic heterocycles. The highest BCUT2D eigenvalue weighted by Crippen LogP contribution is 2.23. The first-order chi connectivity index (χ1) is 9.06. The number of halogens is 2. The second-order valence-electron chi connectivity index (χ2n) is 4.67. The average Bonchev–Trinajstić information content (AvgIpc) is 2.68. The molecule has 0 fully saturated rings. The molecule has 0 bridgehead atoms. The number of hydrogen-bond acceptors (Lipinski definition) is 1. The van der Waals surface area contributed by atoms with Gasteiger partial charge >= 0.3 is 0 Å². The maximum Gasteiger partial charge on any atom is 0.0758 e. The van der Waals surface area contributed by atoms with E-state index in [0.29, 0.717) is 0 Å². The van der Waals surface area contributed by atoms with Crippen molar-refractivity contribution in [3.63, 3.8) is 0 Å². The number of aromatic nitrogens is 2. The first-order valence-corrected chi connectivity index (χ1v) is 8.01. The molecule has 0 saturated heterocycles. The van der Waals surface area contributed by atoms with Crippen molar-refractivity contribution in [3.05, 3.63) is 49.3 Å². The third-order valence-corrected chi connectivity index (χ3v) is 4.86. The average molecular weight is 389 g/mol. The maximum atomic E-state index is 6.31. The predicted molar refractivity (Wildman–Crippen MR) is 89.0 cm³/mol. The van der Waals surface area contributed by atoms with Crippen molar-refractivity contribution in [3.8, 4) is 0 Å². The summed E-state index contributed by atoms with van der Waals surface area (Å²) in [6, 6.07) is 6.21. The van der Waals surface area contributed by atoms with E-state index in [0.717, 1.165) is 30.0 Å². The normalized spacial score (nSPS) is 11.0. The summed E-state index contributed by atoms with van der Waals surface area (Å²) in [6.07, 6.45) is 1.97. The number of hydrogen-bond donors (Lipinski definition) is 0. The van der Waals surface area contributed by atoms with Gasteiger partial charge in [-0.15, -0.1) is 0 Å². The first-order valence-electron chi connectivity index (χ1n) is 6.55. The van der Waals surface area contributed by atoms with Crippen molar-refractivity contribution in [2.75, 3.05) is 0 Å². The third kappa shape index (κ3) is 3.14. The van der Waals surface area contributed by atoms with Gasteiger partial charge in [0.1, 0.15) is 0 Å². The van der Waals surface area contributed by atoms with Crippen LogP contribution in [0.15, 0.2) is 18.2 Å². The lowest BCUT2D eigenvalue weighted by atomic mass is 10.1. The van der Waals surface area contributed by atoms with Gasteiger partial charge in [-0.2, -0.15) is 5.10 Å². The molecule has 1 aromatic heterocycles. The Labute approximate surface area is 133 Å². The molecular formula is C15H18ClIN2. The molecule has 0 atom stereocenters. The Morgan fingerprint density at radius 2 is 2.00 bits per heavy atom. The minimum absolute atomic E-state index is 0.748. The SMILES string of the molecule is CCc1nn(Cc2ccc(C)cc2Cl)c(CC)c1I. The molecule has 1 heterocycles. The summed E-state index contributed by atoms with van der Waals surface area (Å²) in [7, 11) is 0. The van der Waals surface area contributed by atoms with Crippen LogP contribution in [0.25, 0.3) is 0 Å². The largest absolute Gasteiger partial charge is 0.264 e. The molecule has 0 unspecified atom stereocenters. The number of aryl methyl sites for hydroxylation is 2. The van der Waals surface area contributed by atoms with Crippen LogP contribution in [-0.2, 0) is 19.4 Å². The van der Waals surface area contributed by atoms with E-state index >= 15 is 0 Å². The Bertz CT molecular complexity index is 590. The smallest absolute Gasteiger partial charge is 0.0758 e. The van der Waals surface area contributed by atoms with Crippen LogP contribution in [0, 0.1) is 10.5 Å². The lowest BCUT2D eigenvalue weighted by Crippen LogP contribution is -2.07. The lowest BCUT2D eigenvalue weighted by molar-refractivity contribution is 0.640. The van der Waals surface area contributed by atoms with Crippen LogP contribution in [0.1, 0.15) is 36.4 Å². The minimum Gasteiger partial charge on any atom is -0.264 e. The quantitative estimate of drug-likeness (QED) is 0.699. The molecule has 4 heteroatoms. The standard InChI is InChI=1S/C15H18ClIN2/c1-4-13-15(17)14(5-2)19(18-13)9-11-7-6-10(3)8-12(11)16/h6-8H,4-5,9H2,1-3H3. The second-order valence-corrected chi connectivity index (χ2v) is 6.15. The zero-order chi connectivity index (χ0) is 14.0. The van der Waals surface area contributed by atoms with Gasteiger partial charge in [-0.05, 0) is 59.5 Å². The molecule has 2 rings (SSSR count). The van der Waals surface area contributed by atoms with Crippen molar-refractivity contribution in [2.24, 2.45) is 0 Å². The van der Waals surface area contributed by atoms with Gasteiger partial charge in [-0.25, -0.2) is 0 Å². The van der Waals surface area contributed by atoms with Crippen molar-refractivity contribution >= 4 is 34.2 Å². The monoisotopic (exact) mass is 388 g/mol. The Hall–Kier alpha value is -0.550. The van der Waals surface area contributed by atoms with Crippen molar-refractivity contribution < 1.29 is 0 Å². The van der Waals surface area contributed by atoms with Gasteiger partial charge in [-0.3, -0.25) is 4.68 Å². The molecule has 102 valence electrons. The maximum absolute atomic E-state index is 6.31. The summed E-state index contributed by atoms with van der Waals surface area (Å²) in [4.78, 5) is 0. The number of nitrogens with zero attached hydrogens (tertiary/aromatic N) is 2. The summed E-state index contributed by atoms with van der Waals surface area (Å²) < 4.78 is 3.39. The summed E-state index contributed by atoms with van der Waals surface area (Å²) in [5, 5.41) is 5.53. The first kappa shape index (κ1) is 14.9. The van der Waals surface area contributed by atoms with Crippen LogP contribution < -0.4 is 0 Å². The predicted octanol–water partition coefficient (Wildman–Crippen LogP) is 4.62. The van der Waals surface area contributed by atoms with E-state index in [1.165, 1.54) is 20.5 Å². The van der Waals surface area contributed by atoms with Gasteiger partial charge in [-0.1, -0.05) is 37.6 Å². The molecule has 19 heavy (non-hydrogen) atoms. The Kier molecular flexibility index (Phi) is 4.90. The van der Waals surface area contributed by atoms with Crippen molar-refractivity contribution in [1.82, 2.24) is 9.78 Å². The molecule has 0 aliphatic rings.